The standard InChI is InChI=1S/C20H18N4/c1-3-9-17-15(7-1)13-21-19(23-17)11-5-6-12-20-22-14-16-8-2-4-10-18(16)24-20/h1-4,7-10,13-14H,5-6,11-12H2. The van der Waals surface area contributed by atoms with E-state index in [-0.39, 0.29) is 0 Å². The molecule has 2 aromatic heterocycles. The van der Waals surface area contributed by atoms with Crippen LogP contribution in [-0.2, 0) is 12.8 Å². The average molecular weight is 314 g/mol. The number of para-hydroxylation sites is 2. The summed E-state index contributed by atoms with van der Waals surface area (Å²) in [5.41, 5.74) is 2.03. The Morgan fingerprint density at radius 2 is 1.04 bits per heavy atom. The van der Waals surface area contributed by atoms with Crippen LogP contribution in [0.15, 0.2) is 60.9 Å². The summed E-state index contributed by atoms with van der Waals surface area (Å²) in [4.78, 5) is 18.1. The summed E-state index contributed by atoms with van der Waals surface area (Å²) in [6, 6.07) is 16.2. The summed E-state index contributed by atoms with van der Waals surface area (Å²) in [7, 11) is 0. The second-order valence-corrected chi connectivity index (χ2v) is 5.90. The molecule has 0 aliphatic rings. The molecule has 0 radical (unpaired) electrons. The quantitative estimate of drug-likeness (QED) is 0.520. The highest BCUT2D eigenvalue weighted by molar-refractivity contribution is 5.77. The van der Waals surface area contributed by atoms with Crippen LogP contribution in [0, 0.1) is 0 Å². The highest BCUT2D eigenvalue weighted by Gasteiger charge is 2.02. The normalized spacial score (nSPS) is 11.2. The van der Waals surface area contributed by atoms with E-state index in [0.29, 0.717) is 0 Å². The van der Waals surface area contributed by atoms with E-state index in [1.807, 2.05) is 60.9 Å². The Labute approximate surface area is 140 Å². The van der Waals surface area contributed by atoms with Gasteiger partial charge in [0.1, 0.15) is 11.6 Å². The van der Waals surface area contributed by atoms with Crippen LogP contribution in [0.2, 0.25) is 0 Å². The molecule has 24 heavy (non-hydrogen) atoms. The summed E-state index contributed by atoms with van der Waals surface area (Å²) in [5, 5.41) is 2.18. The van der Waals surface area contributed by atoms with Gasteiger partial charge in [0.05, 0.1) is 11.0 Å². The Hall–Kier alpha value is -2.88. The molecule has 2 aromatic carbocycles. The monoisotopic (exact) mass is 314 g/mol. The third-order valence-corrected chi connectivity index (χ3v) is 4.13. The highest BCUT2D eigenvalue weighted by Crippen LogP contribution is 2.13. The zero-order chi connectivity index (χ0) is 16.2. The third kappa shape index (κ3) is 3.23. The van der Waals surface area contributed by atoms with Gasteiger partial charge in [-0.1, -0.05) is 36.4 Å². The first-order valence-electron chi connectivity index (χ1n) is 8.30. The van der Waals surface area contributed by atoms with Crippen molar-refractivity contribution in [2.24, 2.45) is 0 Å². The van der Waals surface area contributed by atoms with Gasteiger partial charge in [-0.3, -0.25) is 0 Å². The molecule has 0 amide bonds. The number of nitrogens with zero attached hydrogens (tertiary/aromatic N) is 4. The lowest BCUT2D eigenvalue weighted by Gasteiger charge is -2.03. The van der Waals surface area contributed by atoms with Gasteiger partial charge in [0.15, 0.2) is 0 Å². The van der Waals surface area contributed by atoms with Gasteiger partial charge in [-0.2, -0.15) is 0 Å². The number of rotatable bonds is 5. The topological polar surface area (TPSA) is 51.6 Å². The molecule has 0 bridgehead atoms. The zero-order valence-electron chi connectivity index (χ0n) is 13.4. The van der Waals surface area contributed by atoms with Crippen LogP contribution in [0.3, 0.4) is 0 Å². The van der Waals surface area contributed by atoms with Crippen LogP contribution in [0.4, 0.5) is 0 Å². The average Bonchev–Trinajstić information content (AvgIpc) is 2.65. The number of fused-ring (bicyclic) bond motifs is 2. The smallest absolute Gasteiger partial charge is 0.128 e. The maximum Gasteiger partial charge on any atom is 0.128 e. The molecule has 0 atom stereocenters. The third-order valence-electron chi connectivity index (χ3n) is 4.13. The van der Waals surface area contributed by atoms with Gasteiger partial charge in [-0.25, -0.2) is 19.9 Å². The van der Waals surface area contributed by atoms with Crippen LogP contribution in [0.25, 0.3) is 21.8 Å². The summed E-state index contributed by atoms with van der Waals surface area (Å²) >= 11 is 0. The Morgan fingerprint density at radius 1 is 0.583 bits per heavy atom. The van der Waals surface area contributed by atoms with E-state index in [2.05, 4.69) is 19.9 Å². The summed E-state index contributed by atoms with van der Waals surface area (Å²) < 4.78 is 0. The molecule has 0 unspecified atom stereocenters. The fraction of sp³-hybridized carbons (Fsp3) is 0.200. The van der Waals surface area contributed by atoms with Crippen molar-refractivity contribution in [3.63, 3.8) is 0 Å². The number of benzene rings is 2. The molecule has 0 fully saturated rings. The van der Waals surface area contributed by atoms with Crippen molar-refractivity contribution in [2.75, 3.05) is 0 Å². The second kappa shape index (κ2) is 6.71. The number of aryl methyl sites for hydroxylation is 2. The predicted molar refractivity (Wildman–Crippen MR) is 95.7 cm³/mol. The Kier molecular flexibility index (Phi) is 4.11. The van der Waals surface area contributed by atoms with E-state index < -0.39 is 0 Å². The zero-order valence-corrected chi connectivity index (χ0v) is 13.4. The Morgan fingerprint density at radius 3 is 1.54 bits per heavy atom. The summed E-state index contributed by atoms with van der Waals surface area (Å²) in [6.07, 6.45) is 7.66. The van der Waals surface area contributed by atoms with Crippen molar-refractivity contribution >= 4 is 21.8 Å². The van der Waals surface area contributed by atoms with Gasteiger partial charge in [0.2, 0.25) is 0 Å². The Bertz CT molecular complexity index is 900. The number of unbranched alkanes of at least 4 members (excludes halogenated alkanes) is 1. The molecule has 0 spiro atoms. The molecular weight excluding hydrogens is 296 g/mol. The predicted octanol–water partition coefficient (Wildman–Crippen LogP) is 4.14. The van der Waals surface area contributed by atoms with E-state index in [1.54, 1.807) is 0 Å². The van der Waals surface area contributed by atoms with E-state index in [1.165, 1.54) is 0 Å². The van der Waals surface area contributed by atoms with Crippen molar-refractivity contribution in [2.45, 2.75) is 25.7 Å². The van der Waals surface area contributed by atoms with Gasteiger partial charge in [-0.15, -0.1) is 0 Å². The van der Waals surface area contributed by atoms with Crippen molar-refractivity contribution in [1.29, 1.82) is 0 Å². The molecule has 118 valence electrons. The maximum absolute atomic E-state index is 4.62. The van der Waals surface area contributed by atoms with Crippen LogP contribution in [0.5, 0.6) is 0 Å². The first kappa shape index (κ1) is 14.7. The van der Waals surface area contributed by atoms with E-state index in [4.69, 9.17) is 0 Å². The van der Waals surface area contributed by atoms with Crippen LogP contribution in [0.1, 0.15) is 24.5 Å². The van der Waals surface area contributed by atoms with Gasteiger partial charge < -0.3 is 0 Å². The molecule has 4 nitrogen and oxygen atoms in total. The van der Waals surface area contributed by atoms with Crippen molar-refractivity contribution in [3.8, 4) is 0 Å². The molecule has 0 N–H and O–H groups in total. The second-order valence-electron chi connectivity index (χ2n) is 5.90. The highest BCUT2D eigenvalue weighted by atomic mass is 14.9. The molecule has 4 aromatic rings. The minimum absolute atomic E-state index is 0.887. The van der Waals surface area contributed by atoms with Gasteiger partial charge in [0.25, 0.3) is 0 Å². The lowest BCUT2D eigenvalue weighted by Crippen LogP contribution is -1.98. The molecular formula is C20H18N4. The first-order chi connectivity index (χ1) is 11.9. The number of hydrogen-bond donors (Lipinski definition) is 0. The van der Waals surface area contributed by atoms with Crippen molar-refractivity contribution in [1.82, 2.24) is 19.9 Å². The first-order valence-corrected chi connectivity index (χ1v) is 8.30. The minimum atomic E-state index is 0.887. The molecule has 4 heteroatoms. The number of hydrogen-bond acceptors (Lipinski definition) is 4. The molecule has 4 rings (SSSR count). The summed E-state index contributed by atoms with van der Waals surface area (Å²) in [5.74, 6) is 1.82. The fourth-order valence-corrected chi connectivity index (χ4v) is 2.83. The maximum atomic E-state index is 4.62. The fourth-order valence-electron chi connectivity index (χ4n) is 2.83. The van der Waals surface area contributed by atoms with Crippen molar-refractivity contribution in [3.05, 3.63) is 72.6 Å². The van der Waals surface area contributed by atoms with Crippen molar-refractivity contribution < 1.29 is 0 Å². The van der Waals surface area contributed by atoms with Crippen LogP contribution < -0.4 is 0 Å². The minimum Gasteiger partial charge on any atom is -0.241 e. The summed E-state index contributed by atoms with van der Waals surface area (Å²) in [6.45, 7) is 0. The van der Waals surface area contributed by atoms with E-state index in [9.17, 15) is 0 Å². The van der Waals surface area contributed by atoms with Crippen LogP contribution >= 0.6 is 0 Å². The SMILES string of the molecule is c1ccc2nc(CCCCc3ncc4ccccc4n3)ncc2c1. The van der Waals surface area contributed by atoms with Crippen LogP contribution in [-0.4, -0.2) is 19.9 Å². The largest absolute Gasteiger partial charge is 0.241 e. The van der Waals surface area contributed by atoms with Gasteiger partial charge in [-0.05, 0) is 25.0 Å². The van der Waals surface area contributed by atoms with E-state index in [0.717, 1.165) is 59.1 Å². The van der Waals surface area contributed by atoms with Gasteiger partial charge >= 0.3 is 0 Å². The molecule has 2 heterocycles. The molecule has 0 saturated carbocycles. The molecule has 0 aliphatic carbocycles. The molecule has 0 aliphatic heterocycles. The molecule has 0 saturated heterocycles. The lowest BCUT2D eigenvalue weighted by atomic mass is 10.1. The van der Waals surface area contributed by atoms with E-state index >= 15 is 0 Å². The van der Waals surface area contributed by atoms with Gasteiger partial charge in [0, 0.05) is 36.0 Å². The lowest BCUT2D eigenvalue weighted by molar-refractivity contribution is 0.690. The number of aromatic nitrogens is 4. The Balaban J connectivity index is 1.36.